The molecule has 0 atom stereocenters. The van der Waals surface area contributed by atoms with E-state index in [4.69, 9.17) is 21.8 Å². The number of carbonyl (C=O) groups is 1. The number of halogens is 1. The summed E-state index contributed by atoms with van der Waals surface area (Å²) in [6, 6.07) is 7.46. The van der Waals surface area contributed by atoms with Crippen molar-refractivity contribution in [1.82, 2.24) is 0 Å². The molecular weight excluding hydrogens is 286 g/mol. The van der Waals surface area contributed by atoms with Crippen molar-refractivity contribution in [1.29, 1.82) is 0 Å². The molecule has 1 aromatic carbocycles. The molecule has 0 saturated heterocycles. The minimum Gasteiger partial charge on any atom is -0.404 e. The molecule has 7 nitrogen and oxygen atoms in total. The smallest absolute Gasteiger partial charge is 0.404 e. The van der Waals surface area contributed by atoms with E-state index in [1.54, 1.807) is 6.07 Å². The van der Waals surface area contributed by atoms with Gasteiger partial charge in [-0.3, -0.25) is 14.9 Å². The molecule has 0 aliphatic rings. The van der Waals surface area contributed by atoms with Gasteiger partial charge in [0.05, 0.1) is 23.2 Å². The standard InChI is InChI=1S/C12H10ClN3O4/c13-10-3-1-7(5-9(10)12(14)17)15-6-8-2-4-11(20-8)16(18)19/h1-5,15H,6H2,(H2,14,17). The van der Waals surface area contributed by atoms with Gasteiger partial charge < -0.3 is 15.5 Å². The number of hydrogen-bond donors (Lipinski definition) is 2. The van der Waals surface area contributed by atoms with Gasteiger partial charge in [0.25, 0.3) is 0 Å². The van der Waals surface area contributed by atoms with Gasteiger partial charge in [-0.05, 0) is 24.3 Å². The van der Waals surface area contributed by atoms with E-state index < -0.39 is 10.8 Å². The molecule has 0 saturated carbocycles. The van der Waals surface area contributed by atoms with Crippen LogP contribution < -0.4 is 11.1 Å². The van der Waals surface area contributed by atoms with E-state index in [2.05, 4.69) is 5.32 Å². The van der Waals surface area contributed by atoms with Crippen molar-refractivity contribution in [3.05, 3.63) is 56.8 Å². The molecule has 104 valence electrons. The zero-order valence-electron chi connectivity index (χ0n) is 10.1. The van der Waals surface area contributed by atoms with Crippen LogP contribution in [0.15, 0.2) is 34.7 Å². The van der Waals surface area contributed by atoms with Crippen molar-refractivity contribution in [2.75, 3.05) is 5.32 Å². The van der Waals surface area contributed by atoms with Gasteiger partial charge in [0.15, 0.2) is 0 Å². The zero-order chi connectivity index (χ0) is 14.7. The van der Waals surface area contributed by atoms with Gasteiger partial charge in [-0.2, -0.15) is 0 Å². The van der Waals surface area contributed by atoms with Crippen LogP contribution in [-0.4, -0.2) is 10.8 Å². The Morgan fingerprint density at radius 3 is 2.75 bits per heavy atom. The van der Waals surface area contributed by atoms with E-state index in [1.165, 1.54) is 24.3 Å². The number of carbonyl (C=O) groups excluding carboxylic acids is 1. The Balaban J connectivity index is 2.08. The fraction of sp³-hybridized carbons (Fsp3) is 0.0833. The molecule has 2 rings (SSSR count). The van der Waals surface area contributed by atoms with Crippen LogP contribution >= 0.6 is 11.6 Å². The highest BCUT2D eigenvalue weighted by atomic mass is 35.5. The molecule has 0 radical (unpaired) electrons. The number of anilines is 1. The Labute approximate surface area is 118 Å². The predicted octanol–water partition coefficient (Wildman–Crippen LogP) is 2.55. The van der Waals surface area contributed by atoms with Crippen LogP contribution in [0.3, 0.4) is 0 Å². The molecule has 0 spiro atoms. The first-order valence-corrected chi connectivity index (χ1v) is 5.91. The molecule has 0 bridgehead atoms. The molecule has 2 aromatic rings. The van der Waals surface area contributed by atoms with E-state index in [1.807, 2.05) is 0 Å². The van der Waals surface area contributed by atoms with E-state index >= 15 is 0 Å². The van der Waals surface area contributed by atoms with Gasteiger partial charge in [0.1, 0.15) is 10.7 Å². The van der Waals surface area contributed by atoms with Crippen molar-refractivity contribution in [2.45, 2.75) is 6.54 Å². The third-order valence-electron chi connectivity index (χ3n) is 2.53. The van der Waals surface area contributed by atoms with Crippen LogP contribution in [0, 0.1) is 10.1 Å². The van der Waals surface area contributed by atoms with Crippen LogP contribution in [0.25, 0.3) is 0 Å². The van der Waals surface area contributed by atoms with Crippen LogP contribution in [0.2, 0.25) is 5.02 Å². The van der Waals surface area contributed by atoms with Crippen molar-refractivity contribution in [3.63, 3.8) is 0 Å². The molecule has 20 heavy (non-hydrogen) atoms. The van der Waals surface area contributed by atoms with Crippen molar-refractivity contribution in [3.8, 4) is 0 Å². The minimum absolute atomic E-state index is 0.196. The van der Waals surface area contributed by atoms with Crippen LogP contribution in [0.5, 0.6) is 0 Å². The van der Waals surface area contributed by atoms with Crippen LogP contribution in [0.1, 0.15) is 16.1 Å². The lowest BCUT2D eigenvalue weighted by Gasteiger charge is -2.06. The molecule has 0 aliphatic heterocycles. The average molecular weight is 296 g/mol. The Kier molecular flexibility index (Phi) is 3.90. The second-order valence-corrected chi connectivity index (χ2v) is 4.32. The quantitative estimate of drug-likeness (QED) is 0.650. The van der Waals surface area contributed by atoms with Gasteiger partial charge in [-0.25, -0.2) is 0 Å². The highest BCUT2D eigenvalue weighted by Gasteiger charge is 2.12. The number of rotatable bonds is 5. The van der Waals surface area contributed by atoms with Crippen LogP contribution in [-0.2, 0) is 6.54 Å². The first kappa shape index (κ1) is 13.9. The Bertz CT molecular complexity index is 668. The molecule has 0 fully saturated rings. The van der Waals surface area contributed by atoms with E-state index in [9.17, 15) is 14.9 Å². The first-order valence-electron chi connectivity index (χ1n) is 5.53. The largest absolute Gasteiger partial charge is 0.433 e. The number of amides is 1. The Hall–Kier alpha value is -2.54. The summed E-state index contributed by atoms with van der Waals surface area (Å²) in [5, 5.41) is 13.7. The molecule has 1 heterocycles. The second-order valence-electron chi connectivity index (χ2n) is 3.91. The number of nitrogens with two attached hydrogens (primary N) is 1. The normalized spacial score (nSPS) is 10.2. The van der Waals surface area contributed by atoms with Gasteiger partial charge in [0, 0.05) is 5.69 Å². The summed E-state index contributed by atoms with van der Waals surface area (Å²) in [5.74, 6) is -0.560. The molecule has 1 amide bonds. The lowest BCUT2D eigenvalue weighted by molar-refractivity contribution is -0.402. The van der Waals surface area contributed by atoms with Gasteiger partial charge in [-0.15, -0.1) is 0 Å². The van der Waals surface area contributed by atoms with Gasteiger partial charge in [-0.1, -0.05) is 11.6 Å². The summed E-state index contributed by atoms with van der Waals surface area (Å²) in [7, 11) is 0. The van der Waals surface area contributed by atoms with Crippen LogP contribution in [0.4, 0.5) is 11.6 Å². The minimum atomic E-state index is -0.632. The number of nitrogens with one attached hydrogen (secondary N) is 1. The zero-order valence-corrected chi connectivity index (χ0v) is 10.9. The maximum absolute atomic E-state index is 11.1. The summed E-state index contributed by atoms with van der Waals surface area (Å²) in [5.41, 5.74) is 5.98. The average Bonchev–Trinajstić information content (AvgIpc) is 2.86. The second kappa shape index (κ2) is 5.62. The van der Waals surface area contributed by atoms with Crippen molar-refractivity contribution in [2.24, 2.45) is 5.73 Å². The summed E-state index contributed by atoms with van der Waals surface area (Å²) < 4.78 is 4.99. The fourth-order valence-electron chi connectivity index (χ4n) is 1.57. The third kappa shape index (κ3) is 3.07. The summed E-state index contributed by atoms with van der Waals surface area (Å²) in [6.45, 7) is 0.230. The molecule has 8 heteroatoms. The van der Waals surface area contributed by atoms with E-state index in [-0.39, 0.29) is 23.0 Å². The van der Waals surface area contributed by atoms with E-state index in [0.717, 1.165) is 0 Å². The highest BCUT2D eigenvalue weighted by molar-refractivity contribution is 6.33. The summed E-state index contributed by atoms with van der Waals surface area (Å²) in [6.07, 6.45) is 0. The monoisotopic (exact) mass is 295 g/mol. The van der Waals surface area contributed by atoms with Crippen molar-refractivity contribution >= 4 is 29.1 Å². The van der Waals surface area contributed by atoms with E-state index in [0.29, 0.717) is 11.4 Å². The number of nitro groups is 1. The Morgan fingerprint density at radius 1 is 1.40 bits per heavy atom. The molecule has 0 unspecified atom stereocenters. The highest BCUT2D eigenvalue weighted by Crippen LogP contribution is 2.21. The van der Waals surface area contributed by atoms with Gasteiger partial charge in [0.2, 0.25) is 5.91 Å². The fourth-order valence-corrected chi connectivity index (χ4v) is 1.78. The lowest BCUT2D eigenvalue weighted by atomic mass is 10.2. The number of benzene rings is 1. The SMILES string of the molecule is NC(=O)c1cc(NCc2ccc([N+](=O)[O-])o2)ccc1Cl. The summed E-state index contributed by atoms with van der Waals surface area (Å²) in [4.78, 5) is 21.0. The van der Waals surface area contributed by atoms with Crippen molar-refractivity contribution < 1.29 is 14.1 Å². The molecule has 0 aliphatic carbocycles. The third-order valence-corrected chi connectivity index (χ3v) is 2.86. The number of furan rings is 1. The number of hydrogen-bond acceptors (Lipinski definition) is 5. The topological polar surface area (TPSA) is 111 Å². The maximum Gasteiger partial charge on any atom is 0.433 e. The predicted molar refractivity (Wildman–Crippen MR) is 72.7 cm³/mol. The number of primary amides is 1. The summed E-state index contributed by atoms with van der Waals surface area (Å²) >= 11 is 5.82. The first-order chi connectivity index (χ1) is 9.47. The molecule has 1 aromatic heterocycles. The Morgan fingerprint density at radius 2 is 2.15 bits per heavy atom. The molecule has 3 N–H and O–H groups in total. The van der Waals surface area contributed by atoms with Gasteiger partial charge >= 0.3 is 5.88 Å². The number of nitrogens with zero attached hydrogens (tertiary/aromatic N) is 1. The molecular formula is C12H10ClN3O4. The maximum atomic E-state index is 11.1. The lowest BCUT2D eigenvalue weighted by Crippen LogP contribution is -2.12.